The molecule has 3 heterocycles. The van der Waals surface area contributed by atoms with Crippen molar-refractivity contribution >= 4 is 71.6 Å². The zero-order valence-corrected chi connectivity index (χ0v) is 24.3. The summed E-state index contributed by atoms with van der Waals surface area (Å²) in [6, 6.07) is 17.7. The summed E-state index contributed by atoms with van der Waals surface area (Å²) in [6.45, 7) is 0. The van der Waals surface area contributed by atoms with Gasteiger partial charge in [0.1, 0.15) is 4.83 Å². The minimum Gasteiger partial charge on any atom is -0.301 e. The number of carbonyl (C=O) groups excluding carboxylic acids is 1. The number of aryl methyl sites for hydroxylation is 2. The Balaban J connectivity index is 1.22. The van der Waals surface area contributed by atoms with Crippen LogP contribution in [0.15, 0.2) is 75.2 Å². The molecule has 38 heavy (non-hydrogen) atoms. The predicted molar refractivity (Wildman–Crippen MR) is 160 cm³/mol. The van der Waals surface area contributed by atoms with Crippen molar-refractivity contribution < 1.29 is 4.79 Å². The van der Waals surface area contributed by atoms with Crippen molar-refractivity contribution in [2.24, 2.45) is 0 Å². The van der Waals surface area contributed by atoms with Gasteiger partial charge in [0.25, 0.3) is 5.56 Å². The SMILES string of the molecule is O=C(CSc1nc2sc3c(c2c(=O)n1-c1ccccc1)CCCC3)Nc1ncc(Cc2ccc(Br)cc2)s1. The van der Waals surface area contributed by atoms with Crippen LogP contribution in [-0.2, 0) is 24.1 Å². The van der Waals surface area contributed by atoms with E-state index in [1.54, 1.807) is 22.1 Å². The van der Waals surface area contributed by atoms with Crippen LogP contribution in [-0.4, -0.2) is 26.2 Å². The summed E-state index contributed by atoms with van der Waals surface area (Å²) < 4.78 is 2.70. The summed E-state index contributed by atoms with van der Waals surface area (Å²) in [7, 11) is 0. The number of carbonyl (C=O) groups is 1. The van der Waals surface area contributed by atoms with E-state index in [1.165, 1.54) is 33.5 Å². The van der Waals surface area contributed by atoms with Gasteiger partial charge in [0.15, 0.2) is 10.3 Å². The third-order valence-electron chi connectivity index (χ3n) is 6.40. The molecular formula is C28H23BrN4O2S3. The smallest absolute Gasteiger partial charge is 0.267 e. The Labute approximate surface area is 240 Å². The van der Waals surface area contributed by atoms with Crippen molar-refractivity contribution in [3.63, 3.8) is 0 Å². The van der Waals surface area contributed by atoms with Crippen molar-refractivity contribution in [2.45, 2.75) is 37.3 Å². The predicted octanol–water partition coefficient (Wildman–Crippen LogP) is 6.87. The number of para-hydroxylation sites is 1. The molecule has 3 aromatic heterocycles. The second kappa shape index (κ2) is 11.1. The summed E-state index contributed by atoms with van der Waals surface area (Å²) in [5.74, 6) is -0.0590. The van der Waals surface area contributed by atoms with E-state index in [-0.39, 0.29) is 17.2 Å². The van der Waals surface area contributed by atoms with Gasteiger partial charge in [0.2, 0.25) is 5.91 Å². The van der Waals surface area contributed by atoms with Gasteiger partial charge in [-0.25, -0.2) is 9.97 Å². The lowest BCUT2D eigenvalue weighted by Gasteiger charge is -2.13. The number of thioether (sulfide) groups is 1. The number of aromatic nitrogens is 3. The Morgan fingerprint density at radius 1 is 1.05 bits per heavy atom. The van der Waals surface area contributed by atoms with Gasteiger partial charge in [-0.05, 0) is 61.1 Å². The highest BCUT2D eigenvalue weighted by Crippen LogP contribution is 2.35. The standard InChI is InChI=1S/C28H23BrN4O2S3/c29-18-12-10-17(11-13-18)14-20-15-30-27(37-20)31-23(34)16-36-28-32-25-24(21-8-4-5-9-22(21)38-25)26(35)33(28)19-6-2-1-3-7-19/h1-3,6-7,10-13,15H,4-5,8-9,14,16H2,(H,30,31,34). The highest BCUT2D eigenvalue weighted by molar-refractivity contribution is 9.10. The summed E-state index contributed by atoms with van der Waals surface area (Å²) in [6.07, 6.45) is 6.74. The molecule has 0 saturated heterocycles. The number of thiophene rings is 1. The zero-order chi connectivity index (χ0) is 26.1. The van der Waals surface area contributed by atoms with Crippen LogP contribution < -0.4 is 10.9 Å². The van der Waals surface area contributed by atoms with Gasteiger partial charge in [-0.2, -0.15) is 0 Å². The normalized spacial score (nSPS) is 13.0. The third-order valence-corrected chi connectivity index (χ3v) is 9.96. The average Bonchev–Trinajstić information content (AvgIpc) is 3.53. The molecule has 5 aromatic rings. The van der Waals surface area contributed by atoms with E-state index in [1.807, 2.05) is 42.5 Å². The number of nitrogens with one attached hydrogen (secondary N) is 1. The summed E-state index contributed by atoms with van der Waals surface area (Å²) in [5.41, 5.74) is 3.04. The summed E-state index contributed by atoms with van der Waals surface area (Å²) >= 11 is 7.82. The number of fused-ring (bicyclic) bond motifs is 3. The van der Waals surface area contributed by atoms with E-state index in [4.69, 9.17) is 4.98 Å². The molecule has 6 rings (SSSR count). The Morgan fingerprint density at radius 3 is 2.66 bits per heavy atom. The van der Waals surface area contributed by atoms with Gasteiger partial charge in [-0.3, -0.25) is 14.2 Å². The largest absolute Gasteiger partial charge is 0.301 e. The molecule has 0 bridgehead atoms. The number of nitrogens with zero attached hydrogens (tertiary/aromatic N) is 3. The molecular weight excluding hydrogens is 600 g/mol. The Hall–Kier alpha value is -2.79. The fraction of sp³-hybridized carbons (Fsp3) is 0.214. The number of hydrogen-bond donors (Lipinski definition) is 1. The molecule has 1 amide bonds. The van der Waals surface area contributed by atoms with E-state index in [9.17, 15) is 9.59 Å². The third kappa shape index (κ3) is 5.36. The van der Waals surface area contributed by atoms with Crippen LogP contribution in [0.2, 0.25) is 0 Å². The maximum atomic E-state index is 13.8. The van der Waals surface area contributed by atoms with Crippen LogP contribution in [0.4, 0.5) is 5.13 Å². The van der Waals surface area contributed by atoms with E-state index in [2.05, 4.69) is 38.4 Å². The Kier molecular flexibility index (Phi) is 7.47. The molecule has 10 heteroatoms. The first-order valence-electron chi connectivity index (χ1n) is 12.3. The number of hydrogen-bond acceptors (Lipinski definition) is 7. The van der Waals surface area contributed by atoms with Gasteiger partial charge in [-0.1, -0.05) is 58.0 Å². The van der Waals surface area contributed by atoms with Gasteiger partial charge >= 0.3 is 0 Å². The van der Waals surface area contributed by atoms with Gasteiger partial charge < -0.3 is 5.32 Å². The number of anilines is 1. The average molecular weight is 624 g/mol. The molecule has 0 unspecified atom stereocenters. The fourth-order valence-electron chi connectivity index (χ4n) is 4.62. The van der Waals surface area contributed by atoms with Gasteiger partial charge in [-0.15, -0.1) is 22.7 Å². The first-order chi connectivity index (χ1) is 18.5. The number of halogens is 1. The van der Waals surface area contributed by atoms with E-state index >= 15 is 0 Å². The van der Waals surface area contributed by atoms with Crippen molar-refractivity contribution in [1.29, 1.82) is 0 Å². The monoisotopic (exact) mass is 622 g/mol. The highest BCUT2D eigenvalue weighted by atomic mass is 79.9. The summed E-state index contributed by atoms with van der Waals surface area (Å²) in [5, 5.41) is 4.74. The minimum absolute atomic E-state index is 0.0546. The number of benzene rings is 2. The van der Waals surface area contributed by atoms with E-state index in [0.717, 1.165) is 62.9 Å². The van der Waals surface area contributed by atoms with Crippen molar-refractivity contribution in [3.05, 3.63) is 96.5 Å². The molecule has 192 valence electrons. The first-order valence-corrected chi connectivity index (χ1v) is 15.7. The molecule has 6 nitrogen and oxygen atoms in total. The Bertz CT molecular complexity index is 1680. The second-order valence-electron chi connectivity index (χ2n) is 9.03. The molecule has 2 aromatic carbocycles. The van der Waals surface area contributed by atoms with Crippen LogP contribution in [0.25, 0.3) is 15.9 Å². The highest BCUT2D eigenvalue weighted by Gasteiger charge is 2.23. The molecule has 0 aliphatic heterocycles. The van der Waals surface area contributed by atoms with Crippen molar-refractivity contribution in [1.82, 2.24) is 14.5 Å². The molecule has 1 aliphatic rings. The van der Waals surface area contributed by atoms with Crippen LogP contribution in [0, 0.1) is 0 Å². The van der Waals surface area contributed by atoms with Crippen molar-refractivity contribution in [2.75, 3.05) is 11.1 Å². The molecule has 0 atom stereocenters. The van der Waals surface area contributed by atoms with Crippen LogP contribution >= 0.6 is 50.4 Å². The summed E-state index contributed by atoms with van der Waals surface area (Å²) in [4.78, 5) is 39.1. The first kappa shape index (κ1) is 25.5. The van der Waals surface area contributed by atoms with Crippen LogP contribution in [0.3, 0.4) is 0 Å². The number of rotatable bonds is 7. The molecule has 1 aliphatic carbocycles. The maximum absolute atomic E-state index is 13.8. The maximum Gasteiger partial charge on any atom is 0.267 e. The topological polar surface area (TPSA) is 76.9 Å². The molecule has 0 fully saturated rings. The molecule has 0 radical (unpaired) electrons. The molecule has 0 spiro atoms. The number of amides is 1. The van der Waals surface area contributed by atoms with Crippen molar-refractivity contribution in [3.8, 4) is 5.69 Å². The quantitative estimate of drug-likeness (QED) is 0.158. The fourth-order valence-corrected chi connectivity index (χ4v) is 7.87. The zero-order valence-electron chi connectivity index (χ0n) is 20.3. The van der Waals surface area contributed by atoms with Crippen LogP contribution in [0.5, 0.6) is 0 Å². The second-order valence-corrected chi connectivity index (χ2v) is 13.1. The number of thiazole rings is 1. The van der Waals surface area contributed by atoms with Gasteiger partial charge in [0, 0.05) is 26.8 Å². The lowest BCUT2D eigenvalue weighted by atomic mass is 9.97. The molecule has 0 saturated carbocycles. The van der Waals surface area contributed by atoms with E-state index < -0.39 is 0 Å². The van der Waals surface area contributed by atoms with E-state index in [0.29, 0.717) is 10.3 Å². The lowest BCUT2D eigenvalue weighted by molar-refractivity contribution is -0.113. The minimum atomic E-state index is -0.182. The Morgan fingerprint density at radius 2 is 1.84 bits per heavy atom. The molecule has 1 N–H and O–H groups in total. The van der Waals surface area contributed by atoms with Gasteiger partial charge in [0.05, 0.1) is 16.8 Å². The lowest BCUT2D eigenvalue weighted by Crippen LogP contribution is -2.23. The van der Waals surface area contributed by atoms with Crippen LogP contribution in [0.1, 0.15) is 33.7 Å².